The summed E-state index contributed by atoms with van der Waals surface area (Å²) in [5, 5.41) is 19.4. The Morgan fingerprint density at radius 3 is 2.48 bits per heavy atom. The number of nitrogens with zero attached hydrogens (tertiary/aromatic N) is 3. The molecule has 1 unspecified atom stereocenters. The highest BCUT2D eigenvalue weighted by atomic mass is 19.4. The molecule has 1 aliphatic carbocycles. The largest absolute Gasteiger partial charge is 0.435 e. The summed E-state index contributed by atoms with van der Waals surface area (Å²) in [6, 6.07) is 23.6. The van der Waals surface area contributed by atoms with Crippen molar-refractivity contribution in [3.05, 3.63) is 113 Å². The summed E-state index contributed by atoms with van der Waals surface area (Å²) in [4.78, 5) is 13.3. The van der Waals surface area contributed by atoms with Crippen molar-refractivity contribution in [3.63, 3.8) is 0 Å². The molecule has 1 aliphatic rings. The first-order valence-electron chi connectivity index (χ1n) is 12.9. The first-order chi connectivity index (χ1) is 19.2. The van der Waals surface area contributed by atoms with E-state index in [1.165, 1.54) is 0 Å². The number of hydrogen-bond acceptors (Lipinski definition) is 5. The molecule has 0 saturated heterocycles. The molecule has 4 aromatic rings. The Hall–Kier alpha value is -4.46. The van der Waals surface area contributed by atoms with Crippen LogP contribution in [0, 0.1) is 17.2 Å². The van der Waals surface area contributed by atoms with Crippen LogP contribution in [0.1, 0.15) is 57.3 Å². The lowest BCUT2D eigenvalue weighted by molar-refractivity contribution is -0.141. The van der Waals surface area contributed by atoms with Crippen LogP contribution < -0.4 is 16.4 Å². The molecule has 1 amide bonds. The van der Waals surface area contributed by atoms with Gasteiger partial charge in [-0.2, -0.15) is 23.5 Å². The van der Waals surface area contributed by atoms with Gasteiger partial charge >= 0.3 is 6.18 Å². The van der Waals surface area contributed by atoms with E-state index >= 15 is 0 Å². The molecule has 1 aromatic heterocycles. The summed E-state index contributed by atoms with van der Waals surface area (Å²) in [5.74, 6) is -0.141. The first-order valence-corrected chi connectivity index (χ1v) is 12.9. The molecule has 0 aliphatic heterocycles. The fourth-order valence-electron chi connectivity index (χ4n) is 4.51. The van der Waals surface area contributed by atoms with Crippen LogP contribution in [0.25, 0.3) is 5.69 Å². The third-order valence-electron chi connectivity index (χ3n) is 6.76. The molecule has 1 heterocycles. The van der Waals surface area contributed by atoms with Crippen LogP contribution >= 0.6 is 0 Å². The zero-order valence-electron chi connectivity index (χ0n) is 21.4. The van der Waals surface area contributed by atoms with Gasteiger partial charge in [0.1, 0.15) is 5.69 Å². The van der Waals surface area contributed by atoms with E-state index in [1.54, 1.807) is 48.5 Å². The molecule has 204 valence electrons. The van der Waals surface area contributed by atoms with E-state index in [0.717, 1.165) is 41.3 Å². The van der Waals surface area contributed by atoms with Gasteiger partial charge in [0.25, 0.3) is 5.91 Å². The number of halogens is 3. The SMILES string of the molecule is N#Cc1cccc(C(NCC2CC2)c2cccc(NC(=O)c3cc(C(F)(F)F)nn3-c3cccc(CN)c3)c2)c1. The van der Waals surface area contributed by atoms with Gasteiger partial charge < -0.3 is 16.4 Å². The van der Waals surface area contributed by atoms with Crippen molar-refractivity contribution in [2.24, 2.45) is 11.7 Å². The van der Waals surface area contributed by atoms with Crippen molar-refractivity contribution >= 4 is 11.6 Å². The smallest absolute Gasteiger partial charge is 0.326 e. The first kappa shape index (κ1) is 27.1. The highest BCUT2D eigenvalue weighted by Crippen LogP contribution is 2.32. The zero-order chi connectivity index (χ0) is 28.3. The molecule has 0 spiro atoms. The third kappa shape index (κ3) is 6.22. The summed E-state index contributed by atoms with van der Waals surface area (Å²) in [6.07, 6.45) is -2.41. The topological polar surface area (TPSA) is 109 Å². The lowest BCUT2D eigenvalue weighted by Crippen LogP contribution is -2.25. The number of carbonyl (C=O) groups excluding carboxylic acids is 1. The van der Waals surface area contributed by atoms with E-state index in [1.807, 2.05) is 24.3 Å². The number of nitriles is 1. The standard InChI is InChI=1S/C30H27F3N6O/c31-30(32,33)27-15-26(39(38-27)25-9-2-5-21(13-25)17-35)29(40)37-24-8-3-7-23(14-24)28(36-18-19-10-11-19)22-6-1-4-20(12-22)16-34/h1-9,12-15,19,28,36H,10-11,17-18,35H2,(H,37,40). The minimum Gasteiger partial charge on any atom is -0.326 e. The second kappa shape index (κ2) is 11.3. The molecule has 0 radical (unpaired) electrons. The predicted molar refractivity (Wildman–Crippen MR) is 145 cm³/mol. The van der Waals surface area contributed by atoms with Crippen LogP contribution in [0.2, 0.25) is 0 Å². The van der Waals surface area contributed by atoms with Gasteiger partial charge in [-0.05, 0) is 78.4 Å². The Labute approximate surface area is 229 Å². The van der Waals surface area contributed by atoms with E-state index < -0.39 is 17.8 Å². The molecule has 4 N–H and O–H groups in total. The lowest BCUT2D eigenvalue weighted by Gasteiger charge is -2.21. The molecule has 3 aromatic carbocycles. The molecule has 10 heteroatoms. The van der Waals surface area contributed by atoms with Crippen LogP contribution in [-0.4, -0.2) is 22.2 Å². The number of nitrogens with two attached hydrogens (primary N) is 1. The molecule has 0 bridgehead atoms. The Balaban J connectivity index is 1.46. The minimum absolute atomic E-state index is 0.183. The number of rotatable bonds is 9. The van der Waals surface area contributed by atoms with Gasteiger partial charge in [0, 0.05) is 18.3 Å². The lowest BCUT2D eigenvalue weighted by atomic mass is 9.96. The second-order valence-corrected chi connectivity index (χ2v) is 9.80. The number of anilines is 1. The Morgan fingerprint density at radius 2 is 1.77 bits per heavy atom. The Bertz CT molecular complexity index is 1570. The molecule has 5 rings (SSSR count). The van der Waals surface area contributed by atoms with Crippen LogP contribution in [0.4, 0.5) is 18.9 Å². The highest BCUT2D eigenvalue weighted by Gasteiger charge is 2.36. The van der Waals surface area contributed by atoms with E-state index in [-0.39, 0.29) is 18.3 Å². The molecule has 7 nitrogen and oxygen atoms in total. The third-order valence-corrected chi connectivity index (χ3v) is 6.76. The predicted octanol–water partition coefficient (Wildman–Crippen LogP) is 5.56. The fraction of sp³-hybridized carbons (Fsp3) is 0.233. The average Bonchev–Trinajstić information content (AvgIpc) is 3.66. The molecule has 40 heavy (non-hydrogen) atoms. The maximum absolute atomic E-state index is 13.6. The number of amides is 1. The van der Waals surface area contributed by atoms with Crippen LogP contribution in [0.15, 0.2) is 78.9 Å². The van der Waals surface area contributed by atoms with Gasteiger partial charge in [0.15, 0.2) is 5.69 Å². The molecular formula is C30H27F3N6O. The van der Waals surface area contributed by atoms with Crippen molar-refractivity contribution in [1.29, 1.82) is 5.26 Å². The quantitative estimate of drug-likeness (QED) is 0.256. The second-order valence-electron chi connectivity index (χ2n) is 9.80. The zero-order valence-corrected chi connectivity index (χ0v) is 21.4. The van der Waals surface area contributed by atoms with Crippen molar-refractivity contribution in [2.45, 2.75) is 31.6 Å². The highest BCUT2D eigenvalue weighted by molar-refractivity contribution is 6.03. The molecule has 1 atom stereocenters. The maximum Gasteiger partial charge on any atom is 0.435 e. The van der Waals surface area contributed by atoms with Crippen LogP contribution in [0.5, 0.6) is 0 Å². The van der Waals surface area contributed by atoms with Gasteiger partial charge in [-0.15, -0.1) is 0 Å². The van der Waals surface area contributed by atoms with Gasteiger partial charge in [0.2, 0.25) is 0 Å². The summed E-state index contributed by atoms with van der Waals surface area (Å²) < 4.78 is 41.7. The molecule has 1 fully saturated rings. The normalized spacial score (nSPS) is 14.0. The van der Waals surface area contributed by atoms with Crippen molar-refractivity contribution in [3.8, 4) is 11.8 Å². The van der Waals surface area contributed by atoms with Crippen molar-refractivity contribution in [1.82, 2.24) is 15.1 Å². The summed E-state index contributed by atoms with van der Waals surface area (Å²) in [5.41, 5.74) is 7.92. The molecular weight excluding hydrogens is 517 g/mol. The number of nitrogens with one attached hydrogen (secondary N) is 2. The van der Waals surface area contributed by atoms with Gasteiger partial charge in [0.05, 0.1) is 23.4 Å². The number of alkyl halides is 3. The Morgan fingerprint density at radius 1 is 1.05 bits per heavy atom. The number of carbonyl (C=O) groups is 1. The fourth-order valence-corrected chi connectivity index (χ4v) is 4.51. The van der Waals surface area contributed by atoms with E-state index in [4.69, 9.17) is 5.73 Å². The monoisotopic (exact) mass is 544 g/mol. The summed E-state index contributed by atoms with van der Waals surface area (Å²) >= 11 is 0. The van der Waals surface area contributed by atoms with Crippen molar-refractivity contribution in [2.75, 3.05) is 11.9 Å². The molecule has 1 saturated carbocycles. The van der Waals surface area contributed by atoms with Crippen LogP contribution in [-0.2, 0) is 12.7 Å². The summed E-state index contributed by atoms with van der Waals surface area (Å²) in [6.45, 7) is 0.988. The van der Waals surface area contributed by atoms with Gasteiger partial charge in [-0.3, -0.25) is 4.79 Å². The Kier molecular flexibility index (Phi) is 7.69. The van der Waals surface area contributed by atoms with E-state index in [9.17, 15) is 23.2 Å². The van der Waals surface area contributed by atoms with E-state index in [2.05, 4.69) is 21.8 Å². The maximum atomic E-state index is 13.6. The summed E-state index contributed by atoms with van der Waals surface area (Å²) in [7, 11) is 0. The van der Waals surface area contributed by atoms with Crippen molar-refractivity contribution < 1.29 is 18.0 Å². The van der Waals surface area contributed by atoms with E-state index in [0.29, 0.717) is 28.4 Å². The number of aromatic nitrogens is 2. The number of benzene rings is 3. The van der Waals surface area contributed by atoms with Gasteiger partial charge in [-0.1, -0.05) is 36.4 Å². The number of hydrogen-bond donors (Lipinski definition) is 3. The van der Waals surface area contributed by atoms with Gasteiger partial charge in [-0.25, -0.2) is 4.68 Å². The minimum atomic E-state index is -4.73. The average molecular weight is 545 g/mol. The van der Waals surface area contributed by atoms with Crippen LogP contribution in [0.3, 0.4) is 0 Å².